The van der Waals surface area contributed by atoms with E-state index >= 15 is 0 Å². The Labute approximate surface area is 127 Å². The standard InChI is InChI=1S/C16H16N2O4/c1-10-5-3-4-6-13(10)11(2)17-16(20)12-7-8-14(18(21)22)15(19)9-12/h3-9,11,19H,1-2H3,(H,17,20)/t11-/m1/s1. The van der Waals surface area contributed by atoms with Gasteiger partial charge in [-0.2, -0.15) is 0 Å². The van der Waals surface area contributed by atoms with Crippen molar-refractivity contribution >= 4 is 11.6 Å². The molecule has 2 rings (SSSR count). The first-order chi connectivity index (χ1) is 10.4. The Balaban J connectivity index is 2.17. The van der Waals surface area contributed by atoms with Gasteiger partial charge < -0.3 is 10.4 Å². The molecule has 0 aromatic heterocycles. The molecule has 0 radical (unpaired) electrons. The highest BCUT2D eigenvalue weighted by molar-refractivity contribution is 5.95. The Morgan fingerprint density at radius 1 is 1.27 bits per heavy atom. The molecule has 1 amide bonds. The molecule has 114 valence electrons. The number of nitro groups is 1. The van der Waals surface area contributed by atoms with E-state index < -0.39 is 22.3 Å². The molecule has 0 fully saturated rings. The number of rotatable bonds is 4. The third kappa shape index (κ3) is 3.22. The number of hydrogen-bond acceptors (Lipinski definition) is 4. The van der Waals surface area contributed by atoms with Crippen molar-refractivity contribution in [2.75, 3.05) is 0 Å². The Morgan fingerprint density at radius 3 is 2.55 bits per heavy atom. The molecule has 0 heterocycles. The Bertz CT molecular complexity index is 728. The summed E-state index contributed by atoms with van der Waals surface area (Å²) in [6, 6.07) is 11.0. The first kappa shape index (κ1) is 15.5. The van der Waals surface area contributed by atoms with Gasteiger partial charge in [0.15, 0.2) is 5.75 Å². The molecule has 2 N–H and O–H groups in total. The first-order valence-corrected chi connectivity index (χ1v) is 6.74. The molecule has 22 heavy (non-hydrogen) atoms. The van der Waals surface area contributed by atoms with E-state index in [9.17, 15) is 20.0 Å². The van der Waals surface area contributed by atoms with E-state index in [4.69, 9.17) is 0 Å². The van der Waals surface area contributed by atoms with Crippen LogP contribution >= 0.6 is 0 Å². The molecule has 0 aliphatic carbocycles. The van der Waals surface area contributed by atoms with Crippen LogP contribution in [0.2, 0.25) is 0 Å². The van der Waals surface area contributed by atoms with Gasteiger partial charge >= 0.3 is 5.69 Å². The predicted octanol–water partition coefficient (Wildman–Crippen LogP) is 3.10. The average molecular weight is 300 g/mol. The topological polar surface area (TPSA) is 92.5 Å². The molecular formula is C16H16N2O4. The fourth-order valence-corrected chi connectivity index (χ4v) is 2.25. The Morgan fingerprint density at radius 2 is 1.95 bits per heavy atom. The second-order valence-electron chi connectivity index (χ2n) is 5.01. The maximum absolute atomic E-state index is 12.2. The Kier molecular flexibility index (Phi) is 4.41. The number of carbonyl (C=O) groups is 1. The van der Waals surface area contributed by atoms with Crippen molar-refractivity contribution in [2.24, 2.45) is 0 Å². The van der Waals surface area contributed by atoms with Gasteiger partial charge in [0, 0.05) is 11.6 Å². The van der Waals surface area contributed by atoms with Crippen molar-refractivity contribution in [3.63, 3.8) is 0 Å². The van der Waals surface area contributed by atoms with Gasteiger partial charge in [-0.05, 0) is 37.1 Å². The average Bonchev–Trinajstić information content (AvgIpc) is 2.46. The fraction of sp³-hybridized carbons (Fsp3) is 0.188. The molecule has 2 aromatic rings. The lowest BCUT2D eigenvalue weighted by Gasteiger charge is -2.16. The minimum Gasteiger partial charge on any atom is -0.502 e. The highest BCUT2D eigenvalue weighted by Crippen LogP contribution is 2.26. The number of nitrogens with zero attached hydrogens (tertiary/aromatic N) is 1. The molecule has 0 unspecified atom stereocenters. The number of nitrogens with one attached hydrogen (secondary N) is 1. The monoisotopic (exact) mass is 300 g/mol. The summed E-state index contributed by atoms with van der Waals surface area (Å²) in [7, 11) is 0. The largest absolute Gasteiger partial charge is 0.502 e. The van der Waals surface area contributed by atoms with Crippen LogP contribution in [0.1, 0.15) is 34.5 Å². The summed E-state index contributed by atoms with van der Waals surface area (Å²) in [6.45, 7) is 3.81. The van der Waals surface area contributed by atoms with Gasteiger partial charge in [0.2, 0.25) is 0 Å². The number of nitro benzene ring substituents is 1. The van der Waals surface area contributed by atoms with Crippen molar-refractivity contribution in [1.29, 1.82) is 0 Å². The molecule has 0 aliphatic rings. The van der Waals surface area contributed by atoms with Gasteiger partial charge in [0.1, 0.15) is 0 Å². The number of phenols is 1. The molecule has 2 aromatic carbocycles. The van der Waals surface area contributed by atoms with Gasteiger partial charge in [-0.1, -0.05) is 24.3 Å². The summed E-state index contributed by atoms with van der Waals surface area (Å²) in [5.41, 5.74) is 1.79. The number of hydrogen-bond donors (Lipinski definition) is 2. The number of benzene rings is 2. The van der Waals surface area contributed by atoms with Crippen LogP contribution in [0.3, 0.4) is 0 Å². The Hall–Kier alpha value is -2.89. The maximum Gasteiger partial charge on any atom is 0.310 e. The molecule has 6 heteroatoms. The molecule has 0 saturated carbocycles. The number of amides is 1. The van der Waals surface area contributed by atoms with Crippen molar-refractivity contribution < 1.29 is 14.8 Å². The minimum absolute atomic E-state index is 0.170. The first-order valence-electron chi connectivity index (χ1n) is 6.74. The summed E-state index contributed by atoms with van der Waals surface area (Å²) in [5.74, 6) is -0.929. The van der Waals surface area contributed by atoms with Gasteiger partial charge in [-0.3, -0.25) is 14.9 Å². The second kappa shape index (κ2) is 6.26. The highest BCUT2D eigenvalue weighted by Gasteiger charge is 2.18. The summed E-state index contributed by atoms with van der Waals surface area (Å²) >= 11 is 0. The van der Waals surface area contributed by atoms with Crippen molar-refractivity contribution in [3.05, 3.63) is 69.3 Å². The summed E-state index contributed by atoms with van der Waals surface area (Å²) in [4.78, 5) is 22.1. The van der Waals surface area contributed by atoms with Crippen LogP contribution < -0.4 is 5.32 Å². The molecule has 0 saturated heterocycles. The summed E-state index contributed by atoms with van der Waals surface area (Å²) in [6.07, 6.45) is 0. The highest BCUT2D eigenvalue weighted by atomic mass is 16.6. The molecule has 0 bridgehead atoms. The lowest BCUT2D eigenvalue weighted by molar-refractivity contribution is -0.385. The maximum atomic E-state index is 12.2. The third-order valence-electron chi connectivity index (χ3n) is 3.44. The normalized spacial score (nSPS) is 11.7. The molecule has 1 atom stereocenters. The summed E-state index contributed by atoms with van der Waals surface area (Å²) in [5, 5.41) is 23.0. The van der Waals surface area contributed by atoms with Crippen molar-refractivity contribution in [3.8, 4) is 5.75 Å². The number of aryl methyl sites for hydroxylation is 1. The van der Waals surface area contributed by atoms with Gasteiger partial charge in [0.25, 0.3) is 5.91 Å². The predicted molar refractivity (Wildman–Crippen MR) is 81.8 cm³/mol. The second-order valence-corrected chi connectivity index (χ2v) is 5.01. The van der Waals surface area contributed by atoms with Gasteiger partial charge in [-0.15, -0.1) is 0 Å². The fourth-order valence-electron chi connectivity index (χ4n) is 2.25. The van der Waals surface area contributed by atoms with Crippen LogP contribution in [0.5, 0.6) is 5.75 Å². The zero-order valence-corrected chi connectivity index (χ0v) is 12.2. The van der Waals surface area contributed by atoms with E-state index in [1.807, 2.05) is 38.1 Å². The summed E-state index contributed by atoms with van der Waals surface area (Å²) < 4.78 is 0. The van der Waals surface area contributed by atoms with E-state index in [0.717, 1.165) is 23.3 Å². The van der Waals surface area contributed by atoms with Crippen molar-refractivity contribution in [1.82, 2.24) is 5.32 Å². The van der Waals surface area contributed by atoms with Crippen molar-refractivity contribution in [2.45, 2.75) is 19.9 Å². The molecule has 0 spiro atoms. The van der Waals surface area contributed by atoms with E-state index in [2.05, 4.69) is 5.32 Å². The zero-order chi connectivity index (χ0) is 16.3. The SMILES string of the molecule is Cc1ccccc1[C@@H](C)NC(=O)c1ccc([N+](=O)[O-])c(O)c1. The number of carbonyl (C=O) groups excluding carboxylic acids is 1. The van der Waals surface area contributed by atoms with E-state index in [1.165, 1.54) is 6.07 Å². The van der Waals surface area contributed by atoms with Crippen LogP contribution in [0, 0.1) is 17.0 Å². The van der Waals surface area contributed by atoms with Crippen LogP contribution in [-0.2, 0) is 0 Å². The van der Waals surface area contributed by atoms with Crippen LogP contribution in [-0.4, -0.2) is 15.9 Å². The molecule has 0 aliphatic heterocycles. The minimum atomic E-state index is -0.701. The lowest BCUT2D eigenvalue weighted by atomic mass is 10.0. The zero-order valence-electron chi connectivity index (χ0n) is 12.2. The smallest absolute Gasteiger partial charge is 0.310 e. The van der Waals surface area contributed by atoms with Gasteiger partial charge in [-0.25, -0.2) is 0 Å². The van der Waals surface area contributed by atoms with Crippen LogP contribution in [0.4, 0.5) is 5.69 Å². The number of phenolic OH excluding ortho intramolecular Hbond substituents is 1. The molecular weight excluding hydrogens is 284 g/mol. The van der Waals surface area contributed by atoms with Crippen LogP contribution in [0.25, 0.3) is 0 Å². The van der Waals surface area contributed by atoms with Crippen LogP contribution in [0.15, 0.2) is 42.5 Å². The van der Waals surface area contributed by atoms with E-state index in [0.29, 0.717) is 0 Å². The number of aromatic hydroxyl groups is 1. The molecule has 6 nitrogen and oxygen atoms in total. The quantitative estimate of drug-likeness (QED) is 0.670. The van der Waals surface area contributed by atoms with E-state index in [-0.39, 0.29) is 11.6 Å². The third-order valence-corrected chi connectivity index (χ3v) is 3.44. The lowest BCUT2D eigenvalue weighted by Crippen LogP contribution is -2.27. The van der Waals surface area contributed by atoms with Gasteiger partial charge in [0.05, 0.1) is 11.0 Å². The van der Waals surface area contributed by atoms with E-state index in [1.54, 1.807) is 0 Å².